The number of carbonyl (C=O) groups excluding carboxylic acids is 1. The molecule has 22 heavy (non-hydrogen) atoms. The third-order valence-corrected chi connectivity index (χ3v) is 5.00. The zero-order chi connectivity index (χ0) is 15.6. The molecule has 1 unspecified atom stereocenters. The Kier molecular flexibility index (Phi) is 4.45. The lowest BCUT2D eigenvalue weighted by molar-refractivity contribution is -0.149. The van der Waals surface area contributed by atoms with E-state index in [0.717, 1.165) is 31.2 Å². The number of morpholine rings is 1. The van der Waals surface area contributed by atoms with Crippen molar-refractivity contribution in [2.75, 3.05) is 26.2 Å². The summed E-state index contributed by atoms with van der Waals surface area (Å²) in [5.41, 5.74) is 6.46. The number of rotatable bonds is 3. The highest BCUT2D eigenvalue weighted by Gasteiger charge is 2.43. The van der Waals surface area contributed by atoms with E-state index in [1.54, 1.807) is 12.1 Å². The van der Waals surface area contributed by atoms with Crippen molar-refractivity contribution in [1.29, 1.82) is 0 Å². The fourth-order valence-corrected chi connectivity index (χ4v) is 3.61. The molecular weight excluding hydrogens is 283 g/mol. The van der Waals surface area contributed by atoms with Gasteiger partial charge in [-0.05, 0) is 30.5 Å². The van der Waals surface area contributed by atoms with E-state index in [1.807, 2.05) is 4.90 Å². The maximum absolute atomic E-state index is 13.0. The first-order valence-electron chi connectivity index (χ1n) is 8.01. The van der Waals surface area contributed by atoms with Gasteiger partial charge in [-0.1, -0.05) is 25.0 Å². The highest BCUT2D eigenvalue weighted by atomic mass is 19.1. The van der Waals surface area contributed by atoms with Gasteiger partial charge in [-0.3, -0.25) is 4.79 Å². The summed E-state index contributed by atoms with van der Waals surface area (Å²) in [4.78, 5) is 14.8. The number of hydrogen-bond donors (Lipinski definition) is 1. The molecule has 1 atom stereocenters. The Morgan fingerprint density at radius 3 is 2.64 bits per heavy atom. The number of hydrogen-bond acceptors (Lipinski definition) is 3. The first-order chi connectivity index (χ1) is 10.6. The Morgan fingerprint density at radius 2 is 2.00 bits per heavy atom. The van der Waals surface area contributed by atoms with Crippen LogP contribution in [0.2, 0.25) is 0 Å². The van der Waals surface area contributed by atoms with E-state index >= 15 is 0 Å². The first kappa shape index (κ1) is 15.4. The highest BCUT2D eigenvalue weighted by molar-refractivity contribution is 5.83. The molecule has 120 valence electrons. The lowest BCUT2D eigenvalue weighted by Gasteiger charge is -2.38. The minimum atomic E-state index is -0.370. The van der Waals surface area contributed by atoms with E-state index in [2.05, 4.69) is 0 Å². The van der Waals surface area contributed by atoms with Crippen LogP contribution in [-0.2, 0) is 9.53 Å². The second kappa shape index (κ2) is 6.34. The van der Waals surface area contributed by atoms with Gasteiger partial charge in [0.05, 0.1) is 18.6 Å². The molecule has 5 heteroatoms. The molecule has 1 aliphatic carbocycles. The van der Waals surface area contributed by atoms with Gasteiger partial charge >= 0.3 is 0 Å². The molecule has 2 N–H and O–H groups in total. The monoisotopic (exact) mass is 306 g/mol. The van der Waals surface area contributed by atoms with Crippen molar-refractivity contribution in [2.24, 2.45) is 11.1 Å². The van der Waals surface area contributed by atoms with Crippen molar-refractivity contribution >= 4 is 5.91 Å². The van der Waals surface area contributed by atoms with Crippen LogP contribution < -0.4 is 5.73 Å². The van der Waals surface area contributed by atoms with Crippen molar-refractivity contribution in [3.63, 3.8) is 0 Å². The van der Waals surface area contributed by atoms with E-state index in [0.29, 0.717) is 26.2 Å². The van der Waals surface area contributed by atoms with E-state index in [4.69, 9.17) is 10.5 Å². The molecule has 0 spiro atoms. The molecule has 2 aliphatic rings. The zero-order valence-electron chi connectivity index (χ0n) is 12.8. The molecular formula is C17H23FN2O2. The molecule has 1 saturated heterocycles. The second-order valence-electron chi connectivity index (χ2n) is 6.35. The number of amides is 1. The Balaban J connectivity index is 1.72. The minimum Gasteiger partial charge on any atom is -0.370 e. The average Bonchev–Trinajstić information content (AvgIpc) is 3.05. The fourth-order valence-electron chi connectivity index (χ4n) is 3.61. The smallest absolute Gasteiger partial charge is 0.230 e. The molecule has 0 bridgehead atoms. The van der Waals surface area contributed by atoms with Crippen molar-refractivity contribution < 1.29 is 13.9 Å². The molecule has 1 amide bonds. The second-order valence-corrected chi connectivity index (χ2v) is 6.35. The predicted molar refractivity (Wildman–Crippen MR) is 81.6 cm³/mol. The van der Waals surface area contributed by atoms with Crippen LogP contribution in [0.1, 0.15) is 37.4 Å². The van der Waals surface area contributed by atoms with Crippen LogP contribution in [0.4, 0.5) is 4.39 Å². The standard InChI is InChI=1S/C17H23FN2O2/c18-14-5-3-13(4-6-14)15-11-20(9-10-22-15)16(21)17(12-19)7-1-2-8-17/h3-6,15H,1-2,7-12,19H2. The molecule has 0 aromatic heterocycles. The molecule has 1 aliphatic heterocycles. The van der Waals surface area contributed by atoms with Crippen LogP contribution >= 0.6 is 0 Å². The Morgan fingerprint density at radius 1 is 1.32 bits per heavy atom. The van der Waals surface area contributed by atoms with Gasteiger partial charge in [0.15, 0.2) is 0 Å². The zero-order valence-corrected chi connectivity index (χ0v) is 12.8. The SMILES string of the molecule is NCC1(C(=O)N2CCOC(c3ccc(F)cc3)C2)CCCC1. The summed E-state index contributed by atoms with van der Waals surface area (Å²) >= 11 is 0. The fraction of sp³-hybridized carbons (Fsp3) is 0.588. The van der Waals surface area contributed by atoms with E-state index in [1.165, 1.54) is 12.1 Å². The molecule has 0 radical (unpaired) electrons. The van der Waals surface area contributed by atoms with Crippen LogP contribution in [-0.4, -0.2) is 37.0 Å². The maximum Gasteiger partial charge on any atom is 0.230 e. The number of ether oxygens (including phenoxy) is 1. The van der Waals surface area contributed by atoms with Gasteiger partial charge in [-0.15, -0.1) is 0 Å². The molecule has 3 rings (SSSR count). The predicted octanol–water partition coefficient (Wildman–Crippen LogP) is 2.24. The van der Waals surface area contributed by atoms with Gasteiger partial charge in [-0.25, -0.2) is 4.39 Å². The summed E-state index contributed by atoms with van der Waals surface area (Å²) in [5, 5.41) is 0. The molecule has 4 nitrogen and oxygen atoms in total. The van der Waals surface area contributed by atoms with Gasteiger partial charge in [0, 0.05) is 13.1 Å². The van der Waals surface area contributed by atoms with Crippen molar-refractivity contribution in [1.82, 2.24) is 4.90 Å². The Labute approximate surface area is 130 Å². The van der Waals surface area contributed by atoms with Gasteiger partial charge in [0.1, 0.15) is 11.9 Å². The summed E-state index contributed by atoms with van der Waals surface area (Å²) in [6.45, 7) is 2.06. The summed E-state index contributed by atoms with van der Waals surface area (Å²) in [5.74, 6) is -0.0940. The topological polar surface area (TPSA) is 55.6 Å². The summed E-state index contributed by atoms with van der Waals surface area (Å²) in [6.07, 6.45) is 3.75. The number of nitrogens with two attached hydrogens (primary N) is 1. The summed E-state index contributed by atoms with van der Waals surface area (Å²) in [6, 6.07) is 6.31. The highest BCUT2D eigenvalue weighted by Crippen LogP contribution is 2.39. The van der Waals surface area contributed by atoms with E-state index < -0.39 is 0 Å². The van der Waals surface area contributed by atoms with Gasteiger partial charge < -0.3 is 15.4 Å². The first-order valence-corrected chi connectivity index (χ1v) is 8.01. The Hall–Kier alpha value is -1.46. The average molecular weight is 306 g/mol. The summed E-state index contributed by atoms with van der Waals surface area (Å²) in [7, 11) is 0. The van der Waals surface area contributed by atoms with Crippen molar-refractivity contribution in [3.05, 3.63) is 35.6 Å². The van der Waals surface area contributed by atoms with Gasteiger partial charge in [-0.2, -0.15) is 0 Å². The van der Waals surface area contributed by atoms with Crippen LogP contribution in [0, 0.1) is 11.2 Å². The maximum atomic E-state index is 13.0. The molecule has 2 fully saturated rings. The molecule has 1 aromatic rings. The van der Waals surface area contributed by atoms with Crippen LogP contribution in [0.3, 0.4) is 0 Å². The largest absolute Gasteiger partial charge is 0.370 e. The van der Waals surface area contributed by atoms with Crippen LogP contribution in [0.25, 0.3) is 0 Å². The van der Waals surface area contributed by atoms with Gasteiger partial charge in [0.2, 0.25) is 5.91 Å². The number of halogens is 1. The quantitative estimate of drug-likeness (QED) is 0.932. The van der Waals surface area contributed by atoms with E-state index in [-0.39, 0.29) is 23.2 Å². The number of carbonyl (C=O) groups is 1. The number of benzene rings is 1. The number of nitrogens with zero attached hydrogens (tertiary/aromatic N) is 1. The van der Waals surface area contributed by atoms with Crippen LogP contribution in [0.15, 0.2) is 24.3 Å². The molecule has 1 saturated carbocycles. The van der Waals surface area contributed by atoms with Gasteiger partial charge in [0.25, 0.3) is 0 Å². The normalized spacial score (nSPS) is 24.5. The van der Waals surface area contributed by atoms with Crippen LogP contribution in [0.5, 0.6) is 0 Å². The lowest BCUT2D eigenvalue weighted by atomic mass is 9.84. The molecule has 1 heterocycles. The third-order valence-electron chi connectivity index (χ3n) is 5.00. The van der Waals surface area contributed by atoms with E-state index in [9.17, 15) is 9.18 Å². The minimum absolute atomic E-state index is 0.169. The van der Waals surface area contributed by atoms with Crippen molar-refractivity contribution in [2.45, 2.75) is 31.8 Å². The third kappa shape index (κ3) is 2.88. The Bertz CT molecular complexity index is 526. The molecule has 1 aromatic carbocycles. The van der Waals surface area contributed by atoms with Crippen molar-refractivity contribution in [3.8, 4) is 0 Å². The summed E-state index contributed by atoms with van der Waals surface area (Å²) < 4.78 is 18.8. The lowest BCUT2D eigenvalue weighted by Crippen LogP contribution is -2.51.